The number of benzene rings is 1. The molecular weight excluding hydrogens is 226 g/mol. The van der Waals surface area contributed by atoms with E-state index in [1.807, 2.05) is 37.6 Å². The maximum atomic E-state index is 5.37. The molecule has 2 aromatic rings. The van der Waals surface area contributed by atoms with Gasteiger partial charge in [-0.2, -0.15) is 0 Å². The number of hydrogen-bond acceptors (Lipinski definition) is 3. The Hall–Kier alpha value is -1.81. The second-order valence-electron chi connectivity index (χ2n) is 4.13. The molecule has 4 nitrogen and oxygen atoms in total. The first-order chi connectivity index (χ1) is 8.85. The summed E-state index contributed by atoms with van der Waals surface area (Å²) in [6.45, 7) is 1.87. The van der Waals surface area contributed by atoms with Crippen LogP contribution in [0.2, 0.25) is 0 Å². The van der Waals surface area contributed by atoms with Crippen molar-refractivity contribution in [3.63, 3.8) is 0 Å². The normalized spacial score (nSPS) is 10.6. The summed E-state index contributed by atoms with van der Waals surface area (Å²) >= 11 is 0. The van der Waals surface area contributed by atoms with Gasteiger partial charge in [0.05, 0.1) is 7.11 Å². The predicted molar refractivity (Wildman–Crippen MR) is 72.0 cm³/mol. The Morgan fingerprint density at radius 2 is 2.17 bits per heavy atom. The fourth-order valence-electron chi connectivity index (χ4n) is 1.96. The summed E-state index contributed by atoms with van der Waals surface area (Å²) in [7, 11) is 3.66. The summed E-state index contributed by atoms with van der Waals surface area (Å²) in [5, 5.41) is 3.15. The van der Waals surface area contributed by atoms with Crippen LogP contribution in [-0.4, -0.2) is 30.3 Å². The maximum Gasteiger partial charge on any atom is 0.122 e. The number of likely N-dealkylation sites (N-methyl/N-ethyl adjacent to an activating group) is 1. The largest absolute Gasteiger partial charge is 0.496 e. The summed E-state index contributed by atoms with van der Waals surface area (Å²) in [4.78, 5) is 4.42. The van der Waals surface area contributed by atoms with E-state index in [0.29, 0.717) is 0 Å². The van der Waals surface area contributed by atoms with Crippen LogP contribution in [0.1, 0.15) is 11.4 Å². The highest BCUT2D eigenvalue weighted by Gasteiger charge is 2.07. The molecule has 1 heterocycles. The summed E-state index contributed by atoms with van der Waals surface area (Å²) < 4.78 is 7.54. The highest BCUT2D eigenvalue weighted by molar-refractivity contribution is 5.35. The van der Waals surface area contributed by atoms with Gasteiger partial charge in [0, 0.05) is 37.5 Å². The Labute approximate surface area is 108 Å². The van der Waals surface area contributed by atoms with E-state index in [0.717, 1.165) is 36.6 Å². The number of ether oxygens (including phenoxy) is 1. The van der Waals surface area contributed by atoms with Gasteiger partial charge < -0.3 is 14.6 Å². The molecule has 0 unspecified atom stereocenters. The molecule has 0 aliphatic heterocycles. The smallest absolute Gasteiger partial charge is 0.122 e. The highest BCUT2D eigenvalue weighted by atomic mass is 16.5. The Morgan fingerprint density at radius 3 is 2.94 bits per heavy atom. The van der Waals surface area contributed by atoms with Crippen LogP contribution in [0.3, 0.4) is 0 Å². The molecule has 0 aliphatic rings. The Bertz CT molecular complexity index is 493. The molecule has 0 fully saturated rings. The van der Waals surface area contributed by atoms with Crippen molar-refractivity contribution in [2.24, 2.45) is 0 Å². The Balaban J connectivity index is 2.15. The Kier molecular flexibility index (Phi) is 4.36. The van der Waals surface area contributed by atoms with Crippen LogP contribution in [0.4, 0.5) is 0 Å². The number of hydrogen-bond donors (Lipinski definition) is 1. The summed E-state index contributed by atoms with van der Waals surface area (Å²) in [6, 6.07) is 8.07. The van der Waals surface area contributed by atoms with E-state index in [1.54, 1.807) is 7.11 Å². The summed E-state index contributed by atoms with van der Waals surface area (Å²) in [5.41, 5.74) is 1.16. The molecule has 0 atom stereocenters. The van der Waals surface area contributed by atoms with Crippen LogP contribution in [0.15, 0.2) is 36.7 Å². The topological polar surface area (TPSA) is 39.1 Å². The first-order valence-electron chi connectivity index (χ1n) is 6.11. The van der Waals surface area contributed by atoms with Crippen molar-refractivity contribution in [2.45, 2.75) is 13.0 Å². The van der Waals surface area contributed by atoms with E-state index in [2.05, 4.69) is 20.9 Å². The monoisotopic (exact) mass is 245 g/mol. The number of imidazole rings is 1. The van der Waals surface area contributed by atoms with Crippen molar-refractivity contribution >= 4 is 0 Å². The fraction of sp³-hybridized carbons (Fsp3) is 0.357. The van der Waals surface area contributed by atoms with Crippen LogP contribution in [0.5, 0.6) is 5.75 Å². The lowest BCUT2D eigenvalue weighted by Crippen LogP contribution is -2.16. The van der Waals surface area contributed by atoms with Gasteiger partial charge in [0.1, 0.15) is 11.6 Å². The van der Waals surface area contributed by atoms with Crippen molar-refractivity contribution in [1.29, 1.82) is 0 Å². The van der Waals surface area contributed by atoms with Gasteiger partial charge in [0.25, 0.3) is 0 Å². The van der Waals surface area contributed by atoms with Crippen molar-refractivity contribution in [2.75, 3.05) is 20.7 Å². The van der Waals surface area contributed by atoms with Crippen molar-refractivity contribution in [1.82, 2.24) is 14.9 Å². The van der Waals surface area contributed by atoms with Gasteiger partial charge in [-0.15, -0.1) is 0 Å². The summed E-state index contributed by atoms with van der Waals surface area (Å²) in [5.74, 6) is 1.98. The van der Waals surface area contributed by atoms with Gasteiger partial charge in [0.15, 0.2) is 0 Å². The minimum atomic E-state index is 0.792. The predicted octanol–water partition coefficient (Wildman–Crippen LogP) is 1.70. The second kappa shape index (κ2) is 6.21. The Morgan fingerprint density at radius 1 is 1.33 bits per heavy atom. The number of para-hydroxylation sites is 1. The third-order valence-electron chi connectivity index (χ3n) is 2.95. The molecule has 0 saturated heterocycles. The molecule has 18 heavy (non-hydrogen) atoms. The first kappa shape index (κ1) is 12.6. The maximum absolute atomic E-state index is 5.37. The highest BCUT2D eigenvalue weighted by Crippen LogP contribution is 2.20. The minimum Gasteiger partial charge on any atom is -0.496 e. The van der Waals surface area contributed by atoms with E-state index < -0.39 is 0 Å². The number of methoxy groups -OCH3 is 1. The van der Waals surface area contributed by atoms with E-state index in [1.165, 1.54) is 0 Å². The third-order valence-corrected chi connectivity index (χ3v) is 2.95. The number of nitrogens with zero attached hydrogens (tertiary/aromatic N) is 2. The molecule has 2 rings (SSSR count). The van der Waals surface area contributed by atoms with E-state index >= 15 is 0 Å². The van der Waals surface area contributed by atoms with Gasteiger partial charge in [-0.3, -0.25) is 0 Å². The zero-order chi connectivity index (χ0) is 12.8. The van der Waals surface area contributed by atoms with Gasteiger partial charge in [0.2, 0.25) is 0 Å². The van der Waals surface area contributed by atoms with Crippen molar-refractivity contribution in [3.05, 3.63) is 48.0 Å². The molecule has 1 aromatic heterocycles. The molecule has 4 heteroatoms. The average Bonchev–Trinajstić information content (AvgIpc) is 2.84. The molecule has 1 N–H and O–H groups in total. The molecule has 0 aliphatic carbocycles. The average molecular weight is 245 g/mol. The molecule has 0 amide bonds. The van der Waals surface area contributed by atoms with Gasteiger partial charge in [-0.25, -0.2) is 4.98 Å². The van der Waals surface area contributed by atoms with Crippen molar-refractivity contribution in [3.8, 4) is 5.75 Å². The molecule has 96 valence electrons. The minimum absolute atomic E-state index is 0.792. The number of aromatic nitrogens is 2. The lowest BCUT2D eigenvalue weighted by molar-refractivity contribution is 0.410. The lowest BCUT2D eigenvalue weighted by Gasteiger charge is -2.10. The van der Waals surface area contributed by atoms with Crippen molar-refractivity contribution < 1.29 is 4.74 Å². The quantitative estimate of drug-likeness (QED) is 0.842. The zero-order valence-electron chi connectivity index (χ0n) is 10.9. The van der Waals surface area contributed by atoms with Crippen LogP contribution in [-0.2, 0) is 13.0 Å². The fourth-order valence-corrected chi connectivity index (χ4v) is 1.96. The second-order valence-corrected chi connectivity index (χ2v) is 4.13. The van der Waals surface area contributed by atoms with Crippen LogP contribution < -0.4 is 10.1 Å². The lowest BCUT2D eigenvalue weighted by atomic mass is 10.1. The molecule has 1 aromatic carbocycles. The first-order valence-corrected chi connectivity index (χ1v) is 6.11. The van der Waals surface area contributed by atoms with Crippen LogP contribution in [0.25, 0.3) is 0 Å². The molecule has 0 spiro atoms. The van der Waals surface area contributed by atoms with Gasteiger partial charge >= 0.3 is 0 Å². The SMILES string of the molecule is CNCCn1ccnc1Cc1ccccc1OC. The number of rotatable bonds is 6. The van der Waals surface area contributed by atoms with E-state index in [4.69, 9.17) is 4.74 Å². The number of nitrogens with one attached hydrogen (secondary N) is 1. The van der Waals surface area contributed by atoms with Gasteiger partial charge in [-0.1, -0.05) is 18.2 Å². The zero-order valence-corrected chi connectivity index (χ0v) is 10.9. The molecule has 0 radical (unpaired) electrons. The standard InChI is InChI=1S/C14H19N3O/c1-15-7-9-17-10-8-16-14(17)11-12-5-3-4-6-13(12)18-2/h3-6,8,10,15H,7,9,11H2,1-2H3. The molecule has 0 bridgehead atoms. The molecular formula is C14H19N3O. The van der Waals surface area contributed by atoms with Crippen LogP contribution >= 0.6 is 0 Å². The van der Waals surface area contributed by atoms with E-state index in [9.17, 15) is 0 Å². The summed E-state index contributed by atoms with van der Waals surface area (Å²) in [6.07, 6.45) is 4.66. The third kappa shape index (κ3) is 2.90. The van der Waals surface area contributed by atoms with Gasteiger partial charge in [-0.05, 0) is 13.1 Å². The van der Waals surface area contributed by atoms with Crippen LogP contribution in [0, 0.1) is 0 Å². The molecule has 0 saturated carbocycles. The van der Waals surface area contributed by atoms with E-state index in [-0.39, 0.29) is 0 Å².